The van der Waals surface area contributed by atoms with Crippen LogP contribution >= 0.6 is 11.8 Å². The second-order valence-corrected chi connectivity index (χ2v) is 6.69. The molecular formula is C13H23N5OS. The van der Waals surface area contributed by atoms with E-state index in [1.807, 2.05) is 4.68 Å². The Kier molecular flexibility index (Phi) is 5.27. The topological polar surface area (TPSA) is 64.9 Å². The van der Waals surface area contributed by atoms with Gasteiger partial charge in [0.05, 0.1) is 12.6 Å². The minimum atomic E-state index is 0.524. The van der Waals surface area contributed by atoms with Crippen LogP contribution in [-0.4, -0.2) is 52.3 Å². The van der Waals surface area contributed by atoms with Crippen molar-refractivity contribution < 1.29 is 4.74 Å². The van der Waals surface area contributed by atoms with Crippen molar-refractivity contribution in [2.75, 3.05) is 32.1 Å². The van der Waals surface area contributed by atoms with Crippen LogP contribution in [0.5, 0.6) is 0 Å². The lowest BCUT2D eigenvalue weighted by Crippen LogP contribution is -2.25. The van der Waals surface area contributed by atoms with Gasteiger partial charge in [-0.2, -0.15) is 0 Å². The predicted octanol–water partition coefficient (Wildman–Crippen LogP) is 1.51. The molecule has 2 fully saturated rings. The van der Waals surface area contributed by atoms with Crippen LogP contribution in [0.1, 0.15) is 38.1 Å². The average molecular weight is 297 g/mol. The van der Waals surface area contributed by atoms with E-state index in [0.717, 1.165) is 37.2 Å². The minimum Gasteiger partial charge on any atom is -0.381 e. The van der Waals surface area contributed by atoms with Crippen molar-refractivity contribution in [2.24, 2.45) is 5.92 Å². The van der Waals surface area contributed by atoms with Crippen molar-refractivity contribution >= 4 is 11.8 Å². The lowest BCUT2D eigenvalue weighted by atomic mass is 10.1. The Morgan fingerprint density at radius 2 is 2.20 bits per heavy atom. The van der Waals surface area contributed by atoms with Crippen molar-refractivity contribution in [1.29, 1.82) is 0 Å². The smallest absolute Gasteiger partial charge is 0.209 e. The van der Waals surface area contributed by atoms with E-state index in [1.165, 1.54) is 32.1 Å². The number of hydrogen-bond donors (Lipinski definition) is 1. The fourth-order valence-corrected chi connectivity index (χ4v) is 3.76. The molecule has 2 aliphatic rings. The molecule has 3 rings (SSSR count). The van der Waals surface area contributed by atoms with E-state index in [2.05, 4.69) is 20.8 Å². The Morgan fingerprint density at radius 3 is 3.00 bits per heavy atom. The molecule has 7 heteroatoms. The first-order valence-corrected chi connectivity index (χ1v) is 8.61. The van der Waals surface area contributed by atoms with E-state index in [1.54, 1.807) is 11.8 Å². The molecule has 2 heterocycles. The molecule has 1 aromatic heterocycles. The molecular weight excluding hydrogens is 274 g/mol. The van der Waals surface area contributed by atoms with Crippen molar-refractivity contribution in [1.82, 2.24) is 25.5 Å². The van der Waals surface area contributed by atoms with Gasteiger partial charge in [0.2, 0.25) is 5.16 Å². The van der Waals surface area contributed by atoms with Crippen molar-refractivity contribution in [3.8, 4) is 0 Å². The Labute approximate surface area is 124 Å². The van der Waals surface area contributed by atoms with Crippen LogP contribution in [-0.2, 0) is 4.74 Å². The molecule has 0 spiro atoms. The van der Waals surface area contributed by atoms with E-state index >= 15 is 0 Å². The molecule has 0 radical (unpaired) electrons. The van der Waals surface area contributed by atoms with Crippen molar-refractivity contribution in [3.05, 3.63) is 0 Å². The second-order valence-electron chi connectivity index (χ2n) is 5.63. The number of aromatic nitrogens is 4. The summed E-state index contributed by atoms with van der Waals surface area (Å²) in [6.45, 7) is 3.91. The second kappa shape index (κ2) is 7.38. The van der Waals surface area contributed by atoms with Gasteiger partial charge in [-0.1, -0.05) is 24.6 Å². The number of tetrazole rings is 1. The van der Waals surface area contributed by atoms with Gasteiger partial charge < -0.3 is 10.1 Å². The van der Waals surface area contributed by atoms with Gasteiger partial charge in [0, 0.05) is 25.4 Å². The highest BCUT2D eigenvalue weighted by atomic mass is 32.2. The monoisotopic (exact) mass is 297 g/mol. The van der Waals surface area contributed by atoms with Crippen LogP contribution in [0.3, 0.4) is 0 Å². The first-order valence-electron chi connectivity index (χ1n) is 7.62. The Bertz CT molecular complexity index is 401. The third-order valence-electron chi connectivity index (χ3n) is 4.10. The van der Waals surface area contributed by atoms with E-state index in [4.69, 9.17) is 4.74 Å². The van der Waals surface area contributed by atoms with Crippen LogP contribution in [0.2, 0.25) is 0 Å². The third-order valence-corrected chi connectivity index (χ3v) is 5.04. The van der Waals surface area contributed by atoms with Gasteiger partial charge in [-0.25, -0.2) is 4.68 Å². The summed E-state index contributed by atoms with van der Waals surface area (Å²) >= 11 is 1.76. The quantitative estimate of drug-likeness (QED) is 0.608. The summed E-state index contributed by atoms with van der Waals surface area (Å²) in [5.74, 6) is 1.71. The lowest BCUT2D eigenvalue weighted by Gasteiger charge is -2.11. The standard InChI is InChI=1S/C13H23N5OS/c1-2-4-12(3-1)18-13(15-16-17-18)20-8-6-14-9-11-5-7-19-10-11/h11-12,14H,1-10H2. The fraction of sp³-hybridized carbons (Fsp3) is 0.923. The van der Waals surface area contributed by atoms with E-state index in [9.17, 15) is 0 Å². The van der Waals surface area contributed by atoms with Crippen molar-refractivity contribution in [3.63, 3.8) is 0 Å². The molecule has 1 atom stereocenters. The maximum absolute atomic E-state index is 5.37. The summed E-state index contributed by atoms with van der Waals surface area (Å²) in [6.07, 6.45) is 6.25. The average Bonchev–Trinajstić information content (AvgIpc) is 3.20. The molecule has 1 N–H and O–H groups in total. The maximum Gasteiger partial charge on any atom is 0.209 e. The molecule has 1 aromatic rings. The number of rotatable bonds is 7. The summed E-state index contributed by atoms with van der Waals surface area (Å²) in [5.41, 5.74) is 0. The van der Waals surface area contributed by atoms with Crippen molar-refractivity contribution in [2.45, 2.75) is 43.3 Å². The highest BCUT2D eigenvalue weighted by Gasteiger charge is 2.21. The molecule has 0 amide bonds. The number of ether oxygens (including phenoxy) is 1. The number of thioether (sulfide) groups is 1. The number of nitrogens with one attached hydrogen (secondary N) is 1. The predicted molar refractivity (Wildman–Crippen MR) is 77.8 cm³/mol. The molecule has 6 nitrogen and oxygen atoms in total. The first-order chi connectivity index (χ1) is 9.93. The molecule has 0 bridgehead atoms. The SMILES string of the molecule is C1CCC(n2nnnc2SCCNCC2CCOC2)C1. The van der Waals surface area contributed by atoms with Gasteiger partial charge >= 0.3 is 0 Å². The zero-order valence-electron chi connectivity index (χ0n) is 11.8. The van der Waals surface area contributed by atoms with E-state index < -0.39 is 0 Å². The number of hydrogen-bond acceptors (Lipinski definition) is 6. The zero-order chi connectivity index (χ0) is 13.6. The molecule has 1 saturated heterocycles. The first kappa shape index (κ1) is 14.3. The molecule has 20 heavy (non-hydrogen) atoms. The van der Waals surface area contributed by atoms with Gasteiger partial charge in [-0.05, 0) is 35.6 Å². The van der Waals surface area contributed by atoms with Crippen LogP contribution < -0.4 is 5.32 Å². The maximum atomic E-state index is 5.37. The van der Waals surface area contributed by atoms with Crippen LogP contribution in [0.15, 0.2) is 5.16 Å². The summed E-state index contributed by atoms with van der Waals surface area (Å²) < 4.78 is 7.40. The zero-order valence-corrected chi connectivity index (χ0v) is 12.6. The van der Waals surface area contributed by atoms with E-state index in [0.29, 0.717) is 12.0 Å². The summed E-state index contributed by atoms with van der Waals surface area (Å²) in [6, 6.07) is 0.524. The fourth-order valence-electron chi connectivity index (χ4n) is 2.92. The van der Waals surface area contributed by atoms with Gasteiger partial charge in [-0.15, -0.1) is 5.10 Å². The number of nitrogens with zero attached hydrogens (tertiary/aromatic N) is 4. The minimum absolute atomic E-state index is 0.524. The van der Waals surface area contributed by atoms with Gasteiger partial charge in [-0.3, -0.25) is 0 Å². The highest BCUT2D eigenvalue weighted by molar-refractivity contribution is 7.99. The lowest BCUT2D eigenvalue weighted by molar-refractivity contribution is 0.185. The molecule has 0 aromatic carbocycles. The summed E-state index contributed by atoms with van der Waals surface area (Å²) in [7, 11) is 0. The van der Waals surface area contributed by atoms with Gasteiger partial charge in [0.25, 0.3) is 0 Å². The normalized spacial score (nSPS) is 23.7. The highest BCUT2D eigenvalue weighted by Crippen LogP contribution is 2.31. The van der Waals surface area contributed by atoms with Gasteiger partial charge in [0.1, 0.15) is 0 Å². The molecule has 1 aliphatic carbocycles. The third kappa shape index (κ3) is 3.71. The largest absolute Gasteiger partial charge is 0.381 e. The Balaban J connectivity index is 1.36. The Hall–Kier alpha value is -0.660. The van der Waals surface area contributed by atoms with Crippen LogP contribution in [0.25, 0.3) is 0 Å². The summed E-state index contributed by atoms with van der Waals surface area (Å²) in [5, 5.41) is 16.6. The van der Waals surface area contributed by atoms with E-state index in [-0.39, 0.29) is 0 Å². The molecule has 1 unspecified atom stereocenters. The van der Waals surface area contributed by atoms with Crippen LogP contribution in [0.4, 0.5) is 0 Å². The molecule has 1 saturated carbocycles. The van der Waals surface area contributed by atoms with Gasteiger partial charge in [0.15, 0.2) is 0 Å². The Morgan fingerprint density at radius 1 is 1.30 bits per heavy atom. The summed E-state index contributed by atoms with van der Waals surface area (Å²) in [4.78, 5) is 0. The van der Waals surface area contributed by atoms with Crippen LogP contribution in [0, 0.1) is 5.92 Å². The molecule has 1 aliphatic heterocycles. The molecule has 112 valence electrons.